The van der Waals surface area contributed by atoms with E-state index in [1.165, 1.54) is 18.5 Å². The lowest BCUT2D eigenvalue weighted by Crippen LogP contribution is -2.52. The Hall–Kier alpha value is -1.61. The molecule has 2 aliphatic rings. The van der Waals surface area contributed by atoms with Crippen molar-refractivity contribution in [2.75, 3.05) is 31.1 Å². The number of hydrogen-bond acceptors (Lipinski definition) is 3. The van der Waals surface area contributed by atoms with Crippen molar-refractivity contribution in [3.05, 3.63) is 42.0 Å². The molecule has 130 valence electrons. The van der Waals surface area contributed by atoms with Crippen molar-refractivity contribution in [2.24, 2.45) is 11.8 Å². The van der Waals surface area contributed by atoms with Gasteiger partial charge in [0.25, 0.3) is 0 Å². The van der Waals surface area contributed by atoms with Gasteiger partial charge in [-0.3, -0.25) is 9.69 Å². The SMILES string of the molecule is CCC1CC(C)C=CC1N1CCN(c2ccc(C(C)=O)cc2)CC1. The molecule has 0 spiro atoms. The second kappa shape index (κ2) is 7.52. The predicted molar refractivity (Wildman–Crippen MR) is 101 cm³/mol. The van der Waals surface area contributed by atoms with E-state index in [1.54, 1.807) is 6.92 Å². The van der Waals surface area contributed by atoms with Gasteiger partial charge in [-0.25, -0.2) is 0 Å². The molecular weight excluding hydrogens is 296 g/mol. The van der Waals surface area contributed by atoms with Crippen LogP contribution in [0.15, 0.2) is 36.4 Å². The van der Waals surface area contributed by atoms with Crippen molar-refractivity contribution in [2.45, 2.75) is 39.7 Å². The molecule has 3 nitrogen and oxygen atoms in total. The molecule has 1 saturated heterocycles. The molecule has 1 aliphatic heterocycles. The van der Waals surface area contributed by atoms with Crippen LogP contribution in [0.1, 0.15) is 44.0 Å². The highest BCUT2D eigenvalue weighted by molar-refractivity contribution is 5.94. The lowest BCUT2D eigenvalue weighted by atomic mass is 9.81. The zero-order valence-electron chi connectivity index (χ0n) is 15.2. The summed E-state index contributed by atoms with van der Waals surface area (Å²) in [4.78, 5) is 16.5. The minimum atomic E-state index is 0.135. The van der Waals surface area contributed by atoms with Gasteiger partial charge in [-0.15, -0.1) is 0 Å². The average molecular weight is 326 g/mol. The predicted octanol–water partition coefficient (Wildman–Crippen LogP) is 4.00. The topological polar surface area (TPSA) is 23.6 Å². The molecule has 0 N–H and O–H groups in total. The van der Waals surface area contributed by atoms with Gasteiger partial charge in [0, 0.05) is 43.5 Å². The Kier molecular flexibility index (Phi) is 5.40. The van der Waals surface area contributed by atoms with Gasteiger partial charge >= 0.3 is 0 Å². The monoisotopic (exact) mass is 326 g/mol. The smallest absolute Gasteiger partial charge is 0.159 e. The van der Waals surface area contributed by atoms with Crippen molar-refractivity contribution < 1.29 is 4.79 Å². The number of carbonyl (C=O) groups excluding carboxylic acids is 1. The number of anilines is 1. The fourth-order valence-corrected chi connectivity index (χ4v) is 4.17. The minimum Gasteiger partial charge on any atom is -0.369 e. The molecule has 0 radical (unpaired) electrons. The normalized spacial score (nSPS) is 28.1. The standard InChI is InChI=1S/C21H30N2O/c1-4-18-15-16(2)5-10-21(18)23-13-11-22(12-14-23)20-8-6-19(7-9-20)17(3)24/h5-10,16,18,21H,4,11-15H2,1-3H3. The van der Waals surface area contributed by atoms with E-state index in [2.05, 4.69) is 47.9 Å². The number of allylic oxidation sites excluding steroid dienone is 1. The van der Waals surface area contributed by atoms with Crippen LogP contribution in [0.5, 0.6) is 0 Å². The fraction of sp³-hybridized carbons (Fsp3) is 0.571. The van der Waals surface area contributed by atoms with E-state index in [4.69, 9.17) is 0 Å². The molecule has 0 bridgehead atoms. The zero-order chi connectivity index (χ0) is 17.1. The zero-order valence-corrected chi connectivity index (χ0v) is 15.2. The molecule has 0 saturated carbocycles. The molecule has 1 aromatic rings. The molecule has 1 fully saturated rings. The third-order valence-electron chi connectivity index (χ3n) is 5.69. The highest BCUT2D eigenvalue weighted by Crippen LogP contribution is 2.30. The molecule has 3 rings (SSSR count). The molecule has 1 aliphatic carbocycles. The van der Waals surface area contributed by atoms with E-state index in [1.807, 2.05) is 12.1 Å². The molecule has 0 aromatic heterocycles. The lowest BCUT2D eigenvalue weighted by molar-refractivity contribution is 0.101. The molecule has 3 atom stereocenters. The van der Waals surface area contributed by atoms with Crippen LogP contribution < -0.4 is 4.90 Å². The van der Waals surface area contributed by atoms with E-state index in [9.17, 15) is 4.79 Å². The van der Waals surface area contributed by atoms with E-state index in [0.717, 1.165) is 43.6 Å². The quantitative estimate of drug-likeness (QED) is 0.617. The van der Waals surface area contributed by atoms with Crippen LogP contribution in [-0.4, -0.2) is 42.9 Å². The number of piperazine rings is 1. The van der Waals surface area contributed by atoms with Crippen LogP contribution in [-0.2, 0) is 0 Å². The van der Waals surface area contributed by atoms with Gasteiger partial charge in [-0.2, -0.15) is 0 Å². The molecule has 0 amide bonds. The van der Waals surface area contributed by atoms with Crippen LogP contribution in [0.4, 0.5) is 5.69 Å². The fourth-order valence-electron chi connectivity index (χ4n) is 4.17. The average Bonchev–Trinajstić information content (AvgIpc) is 2.62. The van der Waals surface area contributed by atoms with Gasteiger partial charge in [0.15, 0.2) is 5.78 Å². The van der Waals surface area contributed by atoms with Crippen molar-refractivity contribution in [3.8, 4) is 0 Å². The number of ketones is 1. The van der Waals surface area contributed by atoms with Gasteiger partial charge < -0.3 is 4.90 Å². The molecule has 3 unspecified atom stereocenters. The first kappa shape index (κ1) is 17.2. The van der Waals surface area contributed by atoms with Crippen molar-refractivity contribution >= 4 is 11.5 Å². The van der Waals surface area contributed by atoms with Gasteiger partial charge in [-0.05, 0) is 49.4 Å². The number of rotatable bonds is 4. The second-order valence-corrected chi connectivity index (χ2v) is 7.38. The van der Waals surface area contributed by atoms with E-state index in [0.29, 0.717) is 6.04 Å². The number of Topliss-reactive ketones (excluding diaryl/α,β-unsaturated/α-hetero) is 1. The summed E-state index contributed by atoms with van der Waals surface area (Å²) in [5.41, 5.74) is 2.03. The van der Waals surface area contributed by atoms with Crippen LogP contribution in [0, 0.1) is 11.8 Å². The van der Waals surface area contributed by atoms with E-state index in [-0.39, 0.29) is 5.78 Å². The molecular formula is C21H30N2O. The van der Waals surface area contributed by atoms with Gasteiger partial charge in [0.2, 0.25) is 0 Å². The van der Waals surface area contributed by atoms with Crippen LogP contribution in [0.2, 0.25) is 0 Å². The Morgan fingerprint density at radius 2 is 1.75 bits per heavy atom. The summed E-state index contributed by atoms with van der Waals surface area (Å²) in [7, 11) is 0. The van der Waals surface area contributed by atoms with Gasteiger partial charge in [-0.1, -0.05) is 32.4 Å². The number of carbonyl (C=O) groups is 1. The number of hydrogen-bond donors (Lipinski definition) is 0. The summed E-state index contributed by atoms with van der Waals surface area (Å²) in [5.74, 6) is 1.66. The maximum absolute atomic E-state index is 11.4. The first-order chi connectivity index (χ1) is 11.6. The Morgan fingerprint density at radius 1 is 1.08 bits per heavy atom. The van der Waals surface area contributed by atoms with Crippen molar-refractivity contribution in [1.82, 2.24) is 4.90 Å². The molecule has 3 heteroatoms. The van der Waals surface area contributed by atoms with Gasteiger partial charge in [0.05, 0.1) is 0 Å². The summed E-state index contributed by atoms with van der Waals surface area (Å²) >= 11 is 0. The maximum Gasteiger partial charge on any atom is 0.159 e. The summed E-state index contributed by atoms with van der Waals surface area (Å²) in [6.07, 6.45) is 7.46. The third-order valence-corrected chi connectivity index (χ3v) is 5.69. The highest BCUT2D eigenvalue weighted by atomic mass is 16.1. The van der Waals surface area contributed by atoms with Crippen LogP contribution >= 0.6 is 0 Å². The second-order valence-electron chi connectivity index (χ2n) is 7.38. The van der Waals surface area contributed by atoms with Crippen LogP contribution in [0.25, 0.3) is 0 Å². The summed E-state index contributed by atoms with van der Waals surface area (Å²) in [6.45, 7) is 10.7. The van der Waals surface area contributed by atoms with Gasteiger partial charge in [0.1, 0.15) is 0 Å². The van der Waals surface area contributed by atoms with E-state index < -0.39 is 0 Å². The molecule has 1 heterocycles. The first-order valence-electron chi connectivity index (χ1n) is 9.36. The lowest BCUT2D eigenvalue weighted by Gasteiger charge is -2.43. The molecule has 1 aromatic carbocycles. The Bertz CT molecular complexity index is 584. The summed E-state index contributed by atoms with van der Waals surface area (Å²) in [6, 6.07) is 8.69. The largest absolute Gasteiger partial charge is 0.369 e. The number of benzene rings is 1. The van der Waals surface area contributed by atoms with Crippen molar-refractivity contribution in [3.63, 3.8) is 0 Å². The summed E-state index contributed by atoms with van der Waals surface area (Å²) < 4.78 is 0. The van der Waals surface area contributed by atoms with Crippen LogP contribution in [0.3, 0.4) is 0 Å². The Balaban J connectivity index is 1.61. The minimum absolute atomic E-state index is 0.135. The van der Waals surface area contributed by atoms with E-state index >= 15 is 0 Å². The highest BCUT2D eigenvalue weighted by Gasteiger charge is 2.30. The first-order valence-corrected chi connectivity index (χ1v) is 9.36. The Morgan fingerprint density at radius 3 is 2.33 bits per heavy atom. The maximum atomic E-state index is 11.4. The third kappa shape index (κ3) is 3.72. The molecule has 24 heavy (non-hydrogen) atoms. The number of nitrogens with zero attached hydrogens (tertiary/aromatic N) is 2. The Labute approximate surface area is 146 Å². The van der Waals surface area contributed by atoms with Crippen molar-refractivity contribution in [1.29, 1.82) is 0 Å². The summed E-state index contributed by atoms with van der Waals surface area (Å²) in [5, 5.41) is 0.